The van der Waals surface area contributed by atoms with Crippen LogP contribution in [0.1, 0.15) is 20.8 Å². The number of allylic oxidation sites excluding steroid dienone is 2. The molecule has 0 atom stereocenters. The number of alkyl halides is 2. The van der Waals surface area contributed by atoms with Crippen molar-refractivity contribution in [2.24, 2.45) is 5.92 Å². The van der Waals surface area contributed by atoms with Crippen LogP contribution in [0.25, 0.3) is 0 Å². The fourth-order valence-electron chi connectivity index (χ4n) is 0.570. The van der Waals surface area contributed by atoms with Gasteiger partial charge in [0.2, 0.25) is 5.78 Å². The third-order valence-electron chi connectivity index (χ3n) is 1.39. The molecule has 0 unspecified atom stereocenters. The number of rotatable bonds is 3. The number of aliphatic hydroxyl groups excluding tert-OH is 1. The molecule has 0 amide bonds. The van der Waals surface area contributed by atoms with Gasteiger partial charge in [0, 0.05) is 12.0 Å². The van der Waals surface area contributed by atoms with E-state index in [1.807, 2.05) is 0 Å². The molecule has 0 aliphatic carbocycles. The van der Waals surface area contributed by atoms with Gasteiger partial charge < -0.3 is 5.11 Å². The standard InChI is InChI=1S/C8H12F2O2/c1-5(2)8(9,10)7(12)4-6(3)11/h4-5,11H,1-3H3. The largest absolute Gasteiger partial charge is 0.512 e. The van der Waals surface area contributed by atoms with Crippen LogP contribution in [0.2, 0.25) is 0 Å². The zero-order valence-corrected chi connectivity index (χ0v) is 7.27. The molecule has 4 heteroatoms. The number of hydrogen-bond acceptors (Lipinski definition) is 2. The van der Waals surface area contributed by atoms with E-state index in [2.05, 4.69) is 0 Å². The molecule has 12 heavy (non-hydrogen) atoms. The van der Waals surface area contributed by atoms with E-state index in [1.165, 1.54) is 20.8 Å². The van der Waals surface area contributed by atoms with Gasteiger partial charge in [-0.05, 0) is 6.92 Å². The highest BCUT2D eigenvalue weighted by atomic mass is 19.3. The summed E-state index contributed by atoms with van der Waals surface area (Å²) in [5, 5.41) is 8.57. The van der Waals surface area contributed by atoms with E-state index < -0.39 is 23.4 Å². The summed E-state index contributed by atoms with van der Waals surface area (Å²) in [6.07, 6.45) is 0.542. The van der Waals surface area contributed by atoms with Crippen LogP contribution < -0.4 is 0 Å². The topological polar surface area (TPSA) is 37.3 Å². The molecule has 0 bridgehead atoms. The van der Waals surface area contributed by atoms with Gasteiger partial charge in [0.05, 0.1) is 5.76 Å². The Morgan fingerprint density at radius 3 is 2.17 bits per heavy atom. The first-order valence-corrected chi connectivity index (χ1v) is 3.58. The van der Waals surface area contributed by atoms with Crippen LogP contribution >= 0.6 is 0 Å². The molecule has 1 N–H and O–H groups in total. The summed E-state index contributed by atoms with van der Waals surface area (Å²) >= 11 is 0. The lowest BCUT2D eigenvalue weighted by Gasteiger charge is -2.16. The van der Waals surface area contributed by atoms with Crippen molar-refractivity contribution < 1.29 is 18.7 Å². The lowest BCUT2D eigenvalue weighted by atomic mass is 10.0. The maximum atomic E-state index is 12.8. The first kappa shape index (κ1) is 11.1. The van der Waals surface area contributed by atoms with Gasteiger partial charge in [0.25, 0.3) is 0 Å². The normalized spacial score (nSPS) is 13.7. The fraction of sp³-hybridized carbons (Fsp3) is 0.625. The third-order valence-corrected chi connectivity index (χ3v) is 1.39. The number of hydrogen-bond donors (Lipinski definition) is 1. The van der Waals surface area contributed by atoms with Gasteiger partial charge in [-0.15, -0.1) is 0 Å². The molecule has 0 heterocycles. The van der Waals surface area contributed by atoms with E-state index in [1.54, 1.807) is 0 Å². The second kappa shape index (κ2) is 3.65. The number of carbonyl (C=O) groups is 1. The van der Waals surface area contributed by atoms with E-state index in [-0.39, 0.29) is 0 Å². The summed E-state index contributed by atoms with van der Waals surface area (Å²) < 4.78 is 25.6. The van der Waals surface area contributed by atoms with E-state index in [0.717, 1.165) is 0 Å². The van der Waals surface area contributed by atoms with Crippen molar-refractivity contribution in [3.63, 3.8) is 0 Å². The fourth-order valence-corrected chi connectivity index (χ4v) is 0.570. The molecule has 0 aromatic rings. The van der Waals surface area contributed by atoms with Crippen molar-refractivity contribution in [1.82, 2.24) is 0 Å². The highest BCUT2D eigenvalue weighted by Crippen LogP contribution is 2.25. The van der Waals surface area contributed by atoms with Crippen LogP contribution in [0.4, 0.5) is 8.78 Å². The van der Waals surface area contributed by atoms with Crippen LogP contribution in [0.3, 0.4) is 0 Å². The Hall–Kier alpha value is -0.930. The summed E-state index contributed by atoms with van der Waals surface area (Å²) in [7, 11) is 0. The predicted octanol–water partition coefficient (Wildman–Crippen LogP) is 2.31. The molecule has 0 radical (unpaired) electrons. The minimum Gasteiger partial charge on any atom is -0.512 e. The number of ketones is 1. The number of aliphatic hydroxyl groups is 1. The number of halogens is 2. The molecule has 0 fully saturated rings. The molecule has 0 saturated carbocycles. The predicted molar refractivity (Wildman–Crippen MR) is 41.2 cm³/mol. The molecular weight excluding hydrogens is 166 g/mol. The molecule has 2 nitrogen and oxygen atoms in total. The Kier molecular flexibility index (Phi) is 3.36. The van der Waals surface area contributed by atoms with E-state index >= 15 is 0 Å². The van der Waals surface area contributed by atoms with Gasteiger partial charge in [-0.25, -0.2) is 0 Å². The maximum absolute atomic E-state index is 12.8. The van der Waals surface area contributed by atoms with Gasteiger partial charge in [-0.3, -0.25) is 4.79 Å². The Morgan fingerprint density at radius 2 is 1.92 bits per heavy atom. The van der Waals surface area contributed by atoms with Crippen molar-refractivity contribution in [3.8, 4) is 0 Å². The second-order valence-corrected chi connectivity index (χ2v) is 2.93. The van der Waals surface area contributed by atoms with Crippen LogP contribution in [-0.2, 0) is 4.79 Å². The third kappa shape index (κ3) is 2.60. The minimum absolute atomic E-state index is 0.402. The highest BCUT2D eigenvalue weighted by Gasteiger charge is 2.40. The summed E-state index contributed by atoms with van der Waals surface area (Å²) in [4.78, 5) is 10.7. The Morgan fingerprint density at radius 1 is 1.50 bits per heavy atom. The SMILES string of the molecule is CC(O)=CC(=O)C(F)(F)C(C)C. The average Bonchev–Trinajstić information content (AvgIpc) is 1.85. The van der Waals surface area contributed by atoms with Gasteiger partial charge in [0.1, 0.15) is 0 Å². The molecule has 0 spiro atoms. The summed E-state index contributed by atoms with van der Waals surface area (Å²) in [6.45, 7) is 3.67. The summed E-state index contributed by atoms with van der Waals surface area (Å²) in [5.41, 5.74) is 0. The monoisotopic (exact) mass is 178 g/mol. The van der Waals surface area contributed by atoms with Crippen LogP contribution in [0, 0.1) is 5.92 Å². The lowest BCUT2D eigenvalue weighted by Crippen LogP contribution is -2.33. The molecule has 0 aliphatic rings. The Labute approximate surface area is 69.9 Å². The van der Waals surface area contributed by atoms with Crippen molar-refractivity contribution in [1.29, 1.82) is 0 Å². The van der Waals surface area contributed by atoms with Gasteiger partial charge in [-0.1, -0.05) is 13.8 Å². The Balaban J connectivity index is 4.59. The zero-order chi connectivity index (χ0) is 9.94. The van der Waals surface area contributed by atoms with Crippen molar-refractivity contribution in [2.75, 3.05) is 0 Å². The van der Waals surface area contributed by atoms with Crippen molar-refractivity contribution >= 4 is 5.78 Å². The molecule has 0 saturated heterocycles. The average molecular weight is 178 g/mol. The lowest BCUT2D eigenvalue weighted by molar-refractivity contribution is -0.143. The van der Waals surface area contributed by atoms with Crippen LogP contribution in [-0.4, -0.2) is 16.8 Å². The zero-order valence-electron chi connectivity index (χ0n) is 7.27. The summed E-state index contributed by atoms with van der Waals surface area (Å²) in [6, 6.07) is 0. The molecule has 0 aromatic carbocycles. The van der Waals surface area contributed by atoms with E-state index in [4.69, 9.17) is 5.11 Å². The molecule has 70 valence electrons. The molecule has 0 aromatic heterocycles. The number of carbonyl (C=O) groups excluding carboxylic acids is 1. The highest BCUT2D eigenvalue weighted by molar-refractivity contribution is 5.96. The smallest absolute Gasteiger partial charge is 0.311 e. The van der Waals surface area contributed by atoms with Gasteiger partial charge >= 0.3 is 5.92 Å². The quantitative estimate of drug-likeness (QED) is 0.531. The summed E-state index contributed by atoms with van der Waals surface area (Å²) in [5.74, 6) is -6.19. The second-order valence-electron chi connectivity index (χ2n) is 2.93. The maximum Gasteiger partial charge on any atom is 0.311 e. The first-order valence-electron chi connectivity index (χ1n) is 3.58. The first-order chi connectivity index (χ1) is 5.28. The van der Waals surface area contributed by atoms with Crippen LogP contribution in [0.5, 0.6) is 0 Å². The molecule has 0 aliphatic heterocycles. The van der Waals surface area contributed by atoms with E-state index in [9.17, 15) is 13.6 Å². The van der Waals surface area contributed by atoms with Crippen molar-refractivity contribution in [2.45, 2.75) is 26.7 Å². The van der Waals surface area contributed by atoms with Crippen LogP contribution in [0.15, 0.2) is 11.8 Å². The van der Waals surface area contributed by atoms with Gasteiger partial charge in [0.15, 0.2) is 0 Å². The Bertz CT molecular complexity index is 203. The van der Waals surface area contributed by atoms with E-state index in [0.29, 0.717) is 6.08 Å². The minimum atomic E-state index is -3.38. The molecule has 0 rings (SSSR count). The molecular formula is C8H12F2O2. The van der Waals surface area contributed by atoms with Crippen molar-refractivity contribution in [3.05, 3.63) is 11.8 Å². The van der Waals surface area contributed by atoms with Gasteiger partial charge in [-0.2, -0.15) is 8.78 Å².